The highest BCUT2D eigenvalue weighted by Crippen LogP contribution is 2.27. The molecule has 1 saturated heterocycles. The zero-order chi connectivity index (χ0) is 16.8. The van der Waals surface area contributed by atoms with Crippen molar-refractivity contribution in [3.8, 4) is 0 Å². The number of nitrogens with zero attached hydrogens (tertiary/aromatic N) is 8. The van der Waals surface area contributed by atoms with Gasteiger partial charge in [-0.15, -0.1) is 15.3 Å². The maximum atomic E-state index is 12.9. The van der Waals surface area contributed by atoms with Crippen LogP contribution in [0.25, 0.3) is 5.65 Å². The van der Waals surface area contributed by atoms with Crippen LogP contribution < -0.4 is 4.90 Å². The number of rotatable bonds is 2. The van der Waals surface area contributed by atoms with Crippen LogP contribution >= 0.6 is 0 Å². The van der Waals surface area contributed by atoms with Crippen LogP contribution in [-0.2, 0) is 16.2 Å². The number of fused-ring (bicyclic) bond motifs is 2. The van der Waals surface area contributed by atoms with Crippen LogP contribution in [0.2, 0.25) is 0 Å². The Bertz CT molecular complexity index is 928. The molecule has 1 unspecified atom stereocenters. The molecule has 0 radical (unpaired) electrons. The molecule has 128 valence electrons. The second-order valence-electron chi connectivity index (χ2n) is 6.14. The highest BCUT2D eigenvalue weighted by Gasteiger charge is 2.35. The fraction of sp³-hybridized carbons (Fsp3) is 0.400. The Morgan fingerprint density at radius 1 is 1.28 bits per heavy atom. The lowest BCUT2D eigenvalue weighted by Gasteiger charge is -2.35. The van der Waals surface area contributed by atoms with E-state index in [2.05, 4.69) is 25.2 Å². The molecule has 0 saturated carbocycles. The summed E-state index contributed by atoms with van der Waals surface area (Å²) in [6, 6.07) is 3.37. The Morgan fingerprint density at radius 2 is 2.24 bits per heavy atom. The fourth-order valence-corrected chi connectivity index (χ4v) is 3.34. The first kappa shape index (κ1) is 14.3. The third-order valence-electron chi connectivity index (χ3n) is 4.58. The Balaban J connectivity index is 1.49. The minimum absolute atomic E-state index is 0.0492. The molecule has 2 aliphatic heterocycles. The Labute approximate surface area is 142 Å². The van der Waals surface area contributed by atoms with E-state index in [1.807, 2.05) is 16.7 Å². The molecule has 5 heterocycles. The van der Waals surface area contributed by atoms with Crippen molar-refractivity contribution >= 4 is 17.4 Å². The van der Waals surface area contributed by atoms with E-state index in [0.29, 0.717) is 31.9 Å². The van der Waals surface area contributed by atoms with Crippen molar-refractivity contribution in [3.05, 3.63) is 36.7 Å². The van der Waals surface area contributed by atoms with Crippen molar-refractivity contribution in [3.63, 3.8) is 0 Å². The van der Waals surface area contributed by atoms with Gasteiger partial charge >= 0.3 is 0 Å². The molecule has 5 rings (SSSR count). The Morgan fingerprint density at radius 3 is 3.12 bits per heavy atom. The molecule has 0 bridgehead atoms. The van der Waals surface area contributed by atoms with Gasteiger partial charge in [-0.25, -0.2) is 10.0 Å². The van der Waals surface area contributed by atoms with Gasteiger partial charge in [0.15, 0.2) is 5.65 Å². The minimum Gasteiger partial charge on any atom is -0.347 e. The van der Waals surface area contributed by atoms with Crippen molar-refractivity contribution in [1.82, 2.24) is 34.4 Å². The van der Waals surface area contributed by atoms with E-state index in [4.69, 9.17) is 4.84 Å². The van der Waals surface area contributed by atoms with Crippen molar-refractivity contribution in [2.45, 2.75) is 19.0 Å². The van der Waals surface area contributed by atoms with Crippen molar-refractivity contribution in [1.29, 1.82) is 0 Å². The van der Waals surface area contributed by atoms with E-state index in [0.717, 1.165) is 17.9 Å². The summed E-state index contributed by atoms with van der Waals surface area (Å²) < 4.78 is 3.56. The van der Waals surface area contributed by atoms with E-state index in [9.17, 15) is 4.79 Å². The molecular formula is C15H16N8O2. The summed E-state index contributed by atoms with van der Waals surface area (Å²) in [5.41, 5.74) is 1.65. The van der Waals surface area contributed by atoms with Crippen LogP contribution in [0.4, 0.5) is 5.82 Å². The molecule has 1 fully saturated rings. The van der Waals surface area contributed by atoms with Crippen LogP contribution in [0.3, 0.4) is 0 Å². The van der Waals surface area contributed by atoms with E-state index < -0.39 is 0 Å². The number of carbonyl (C=O) groups excluding carboxylic acids is 1. The second kappa shape index (κ2) is 5.52. The molecule has 0 aromatic carbocycles. The van der Waals surface area contributed by atoms with Gasteiger partial charge in [0.2, 0.25) is 0 Å². The first-order chi connectivity index (χ1) is 12.3. The molecule has 25 heavy (non-hydrogen) atoms. The molecule has 10 nitrogen and oxygen atoms in total. The third kappa shape index (κ3) is 2.33. The molecule has 2 aliphatic rings. The summed E-state index contributed by atoms with van der Waals surface area (Å²) in [4.78, 5) is 24.6. The van der Waals surface area contributed by atoms with Crippen LogP contribution in [0.1, 0.15) is 18.2 Å². The minimum atomic E-state index is -0.386. The van der Waals surface area contributed by atoms with Crippen LogP contribution in [0.15, 0.2) is 31.0 Å². The molecule has 0 spiro atoms. The SMILES string of the molecule is O=C(C1CN(c2ccc3nncn3n2)Cc2cncn21)N1CCCO1. The van der Waals surface area contributed by atoms with Crippen LogP contribution in [0.5, 0.6) is 0 Å². The number of hydroxylamine groups is 2. The summed E-state index contributed by atoms with van der Waals surface area (Å²) in [5.74, 6) is 0.715. The number of hydrogen-bond acceptors (Lipinski definition) is 7. The van der Waals surface area contributed by atoms with Gasteiger partial charge in [0.1, 0.15) is 18.2 Å². The maximum Gasteiger partial charge on any atom is 0.271 e. The van der Waals surface area contributed by atoms with Gasteiger partial charge in [0.05, 0.1) is 31.7 Å². The highest BCUT2D eigenvalue weighted by atomic mass is 16.7. The zero-order valence-corrected chi connectivity index (χ0v) is 13.4. The monoisotopic (exact) mass is 340 g/mol. The first-order valence-corrected chi connectivity index (χ1v) is 8.16. The number of anilines is 1. The molecule has 3 aromatic heterocycles. The molecule has 0 aliphatic carbocycles. The lowest BCUT2D eigenvalue weighted by Crippen LogP contribution is -2.45. The van der Waals surface area contributed by atoms with E-state index in [1.54, 1.807) is 23.4 Å². The lowest BCUT2D eigenvalue weighted by molar-refractivity contribution is -0.172. The predicted octanol–water partition coefficient (Wildman–Crippen LogP) is 0.0460. The molecule has 0 N–H and O–H groups in total. The predicted molar refractivity (Wildman–Crippen MR) is 85.4 cm³/mol. The first-order valence-electron chi connectivity index (χ1n) is 8.16. The van der Waals surface area contributed by atoms with Gasteiger partial charge in [-0.2, -0.15) is 4.52 Å². The van der Waals surface area contributed by atoms with Gasteiger partial charge in [-0.3, -0.25) is 9.63 Å². The molecule has 1 atom stereocenters. The zero-order valence-electron chi connectivity index (χ0n) is 13.4. The van der Waals surface area contributed by atoms with E-state index in [1.165, 1.54) is 5.06 Å². The van der Waals surface area contributed by atoms with Gasteiger partial charge in [-0.1, -0.05) is 0 Å². The smallest absolute Gasteiger partial charge is 0.271 e. The molecule has 3 aromatic rings. The summed E-state index contributed by atoms with van der Waals surface area (Å²) in [7, 11) is 0. The molecular weight excluding hydrogens is 324 g/mol. The maximum absolute atomic E-state index is 12.9. The summed E-state index contributed by atoms with van der Waals surface area (Å²) >= 11 is 0. The van der Waals surface area contributed by atoms with Gasteiger partial charge in [0.25, 0.3) is 5.91 Å². The number of aromatic nitrogens is 6. The van der Waals surface area contributed by atoms with Crippen LogP contribution in [-0.4, -0.2) is 60.0 Å². The number of hydrogen-bond donors (Lipinski definition) is 0. The normalized spacial score (nSPS) is 20.2. The number of imidazole rings is 1. The van der Waals surface area contributed by atoms with Gasteiger partial charge < -0.3 is 9.47 Å². The Hall–Kier alpha value is -3.01. The topological polar surface area (TPSA) is 93.7 Å². The van der Waals surface area contributed by atoms with Crippen molar-refractivity contribution in [2.24, 2.45) is 0 Å². The van der Waals surface area contributed by atoms with E-state index >= 15 is 0 Å². The van der Waals surface area contributed by atoms with E-state index in [-0.39, 0.29) is 11.9 Å². The van der Waals surface area contributed by atoms with Gasteiger partial charge in [0, 0.05) is 12.7 Å². The standard InChI is InChI=1S/C15H16N8O2/c24-15(23-4-1-5-25-23)12-8-20(7-11-6-16-9-21(11)12)14-3-2-13-18-17-10-22(13)19-14/h2-3,6,9-10,12H,1,4-5,7-8H2. The summed E-state index contributed by atoms with van der Waals surface area (Å²) in [6.45, 7) is 2.35. The largest absolute Gasteiger partial charge is 0.347 e. The Kier molecular flexibility index (Phi) is 3.17. The third-order valence-corrected chi connectivity index (χ3v) is 4.58. The quantitative estimate of drug-likeness (QED) is 0.650. The summed E-state index contributed by atoms with van der Waals surface area (Å²) in [6.07, 6.45) is 5.93. The molecule has 1 amide bonds. The van der Waals surface area contributed by atoms with Gasteiger partial charge in [-0.05, 0) is 18.6 Å². The van der Waals surface area contributed by atoms with Crippen LogP contribution in [0, 0.1) is 0 Å². The average Bonchev–Trinajstić information content (AvgIpc) is 3.40. The van der Waals surface area contributed by atoms with Crippen molar-refractivity contribution in [2.75, 3.05) is 24.6 Å². The second-order valence-corrected chi connectivity index (χ2v) is 6.14. The molecule has 10 heteroatoms. The average molecular weight is 340 g/mol. The summed E-state index contributed by atoms with van der Waals surface area (Å²) in [5, 5.41) is 13.8. The number of carbonyl (C=O) groups is 1. The highest BCUT2D eigenvalue weighted by molar-refractivity contribution is 5.81. The fourth-order valence-electron chi connectivity index (χ4n) is 3.34. The van der Waals surface area contributed by atoms with Crippen molar-refractivity contribution < 1.29 is 9.63 Å². The number of amides is 1. The lowest BCUT2D eigenvalue weighted by atomic mass is 10.1.